The van der Waals surface area contributed by atoms with Gasteiger partial charge in [-0.1, -0.05) is 0 Å². The van der Waals surface area contributed by atoms with Crippen LogP contribution < -0.4 is 4.72 Å². The summed E-state index contributed by atoms with van der Waals surface area (Å²) in [7, 11) is -3.52. The van der Waals surface area contributed by atoms with E-state index in [-0.39, 0.29) is 22.9 Å². The van der Waals surface area contributed by atoms with Crippen LogP contribution in [0, 0.1) is 0 Å². The summed E-state index contributed by atoms with van der Waals surface area (Å²) in [4.78, 5) is 5.02. The topological polar surface area (TPSA) is 73.2 Å². The zero-order chi connectivity index (χ0) is 17.5. The number of rotatable bonds is 5. The molecule has 1 aromatic carbocycles. The summed E-state index contributed by atoms with van der Waals surface area (Å²) < 4.78 is 35.1. The van der Waals surface area contributed by atoms with E-state index in [0.29, 0.717) is 6.61 Å². The quantitative estimate of drug-likeness (QED) is 0.899. The maximum Gasteiger partial charge on any atom is 0.240 e. The van der Waals surface area contributed by atoms with Gasteiger partial charge in [-0.2, -0.15) is 0 Å². The summed E-state index contributed by atoms with van der Waals surface area (Å²) in [5, 5.41) is 0. The minimum absolute atomic E-state index is 0.148. The Morgan fingerprint density at radius 3 is 2.62 bits per heavy atom. The second kappa shape index (κ2) is 6.46. The van der Waals surface area contributed by atoms with Crippen LogP contribution in [-0.4, -0.2) is 37.2 Å². The maximum absolute atomic E-state index is 12.4. The highest BCUT2D eigenvalue weighted by molar-refractivity contribution is 7.89. The van der Waals surface area contributed by atoms with E-state index in [1.165, 1.54) is 0 Å². The van der Waals surface area contributed by atoms with Crippen molar-refractivity contribution in [1.82, 2.24) is 14.3 Å². The van der Waals surface area contributed by atoms with E-state index in [4.69, 9.17) is 9.72 Å². The van der Waals surface area contributed by atoms with Crippen LogP contribution in [0.2, 0.25) is 0 Å². The minimum Gasteiger partial charge on any atom is -0.381 e. The molecule has 1 atom stereocenters. The molecular weight excluding hydrogens is 326 g/mol. The van der Waals surface area contributed by atoms with Gasteiger partial charge in [-0.3, -0.25) is 0 Å². The first-order chi connectivity index (χ1) is 11.3. The normalized spacial score (nSPS) is 19.0. The molecule has 2 aromatic rings. The summed E-state index contributed by atoms with van der Waals surface area (Å²) in [6.45, 7) is 9.28. The van der Waals surface area contributed by atoms with Crippen molar-refractivity contribution >= 4 is 21.1 Å². The van der Waals surface area contributed by atoms with E-state index in [2.05, 4.69) is 23.1 Å². The maximum atomic E-state index is 12.4. The molecular formula is C17H25N3O3S. The fraction of sp³-hybridized carbons (Fsp3) is 0.588. The lowest BCUT2D eigenvalue weighted by atomic mass is 10.1. The molecule has 0 unspecified atom stereocenters. The second-order valence-electron chi connectivity index (χ2n) is 6.92. The number of hydrogen-bond acceptors (Lipinski definition) is 4. The molecule has 1 saturated heterocycles. The number of ether oxygens (including phenoxy) is 1. The summed E-state index contributed by atoms with van der Waals surface area (Å²) >= 11 is 0. The first-order valence-electron chi connectivity index (χ1n) is 8.41. The monoisotopic (exact) mass is 351 g/mol. The second-order valence-corrected chi connectivity index (χ2v) is 8.63. The van der Waals surface area contributed by atoms with Crippen LogP contribution in [-0.2, 0) is 14.8 Å². The number of aromatic nitrogens is 2. The molecule has 0 aliphatic carbocycles. The average molecular weight is 351 g/mol. The average Bonchev–Trinajstić information content (AvgIpc) is 3.12. The van der Waals surface area contributed by atoms with Crippen molar-refractivity contribution in [2.24, 2.45) is 0 Å². The van der Waals surface area contributed by atoms with Crippen molar-refractivity contribution in [3.63, 3.8) is 0 Å². The van der Waals surface area contributed by atoms with Crippen LogP contribution >= 0.6 is 0 Å². The molecule has 132 valence electrons. The van der Waals surface area contributed by atoms with Gasteiger partial charge in [-0.05, 0) is 52.3 Å². The molecule has 1 aliphatic rings. The molecule has 7 heteroatoms. The van der Waals surface area contributed by atoms with Crippen molar-refractivity contribution in [1.29, 1.82) is 0 Å². The molecule has 0 radical (unpaired) electrons. The molecule has 1 aromatic heterocycles. The van der Waals surface area contributed by atoms with E-state index in [1.54, 1.807) is 12.1 Å². The zero-order valence-electron chi connectivity index (χ0n) is 14.6. The number of benzene rings is 1. The first-order valence-corrected chi connectivity index (χ1v) is 9.90. The lowest BCUT2D eigenvalue weighted by Crippen LogP contribution is -2.30. The van der Waals surface area contributed by atoms with Gasteiger partial charge in [-0.25, -0.2) is 18.1 Å². The summed E-state index contributed by atoms with van der Waals surface area (Å²) in [6.07, 6.45) is 0.954. The fourth-order valence-electron chi connectivity index (χ4n) is 3.21. The Labute approximate surface area is 143 Å². The molecule has 1 fully saturated rings. The molecule has 0 bridgehead atoms. The van der Waals surface area contributed by atoms with Crippen LogP contribution in [0.25, 0.3) is 11.0 Å². The lowest BCUT2D eigenvalue weighted by Gasteiger charge is -2.16. The van der Waals surface area contributed by atoms with Crippen LogP contribution in [0.3, 0.4) is 0 Å². The van der Waals surface area contributed by atoms with Gasteiger partial charge >= 0.3 is 0 Å². The van der Waals surface area contributed by atoms with E-state index in [0.717, 1.165) is 29.9 Å². The summed E-state index contributed by atoms with van der Waals surface area (Å²) in [5.74, 6) is 1.26. The number of fused-ring (bicyclic) bond motifs is 1. The van der Waals surface area contributed by atoms with E-state index in [9.17, 15) is 8.42 Å². The highest BCUT2D eigenvalue weighted by Crippen LogP contribution is 2.31. The van der Waals surface area contributed by atoms with Gasteiger partial charge in [0.2, 0.25) is 10.0 Å². The van der Waals surface area contributed by atoms with Crippen LogP contribution in [0.1, 0.15) is 51.9 Å². The van der Waals surface area contributed by atoms with Gasteiger partial charge < -0.3 is 9.30 Å². The highest BCUT2D eigenvalue weighted by Gasteiger charge is 2.26. The molecule has 0 spiro atoms. The zero-order valence-corrected chi connectivity index (χ0v) is 15.4. The summed E-state index contributed by atoms with van der Waals surface area (Å²) in [5.41, 5.74) is 1.69. The standard InChI is InChI=1S/C17H25N3O3S/c1-11(2)19-24(21,22)14-5-6-16-15(9-14)18-17(20(16)12(3)4)13-7-8-23-10-13/h5-6,9,11-13,19H,7-8,10H2,1-4H3/t13-/m1/s1. The van der Waals surface area contributed by atoms with Crippen LogP contribution in [0.4, 0.5) is 0 Å². The van der Waals surface area contributed by atoms with Gasteiger partial charge in [0.25, 0.3) is 0 Å². The van der Waals surface area contributed by atoms with Crippen molar-refractivity contribution in [2.45, 2.75) is 57.0 Å². The molecule has 6 nitrogen and oxygen atoms in total. The smallest absolute Gasteiger partial charge is 0.240 e. The summed E-state index contributed by atoms with van der Waals surface area (Å²) in [6, 6.07) is 5.28. The first kappa shape index (κ1) is 17.4. The molecule has 2 heterocycles. The number of imidazole rings is 1. The molecule has 24 heavy (non-hydrogen) atoms. The van der Waals surface area contributed by atoms with Crippen LogP contribution in [0.5, 0.6) is 0 Å². The van der Waals surface area contributed by atoms with E-state index < -0.39 is 10.0 Å². The Kier molecular flexibility index (Phi) is 4.68. The predicted octanol–water partition coefficient (Wildman–Crippen LogP) is 2.81. The van der Waals surface area contributed by atoms with E-state index >= 15 is 0 Å². The minimum atomic E-state index is -3.52. The molecule has 1 N–H and O–H groups in total. The highest BCUT2D eigenvalue weighted by atomic mass is 32.2. The van der Waals surface area contributed by atoms with Gasteiger partial charge in [0, 0.05) is 24.6 Å². The fourth-order valence-corrected chi connectivity index (χ4v) is 4.48. The van der Waals surface area contributed by atoms with Crippen molar-refractivity contribution < 1.29 is 13.2 Å². The molecule has 1 aliphatic heterocycles. The third kappa shape index (κ3) is 3.20. The Balaban J connectivity index is 2.10. The molecule has 0 amide bonds. The Morgan fingerprint density at radius 1 is 1.29 bits per heavy atom. The third-order valence-corrected chi connectivity index (χ3v) is 5.86. The largest absolute Gasteiger partial charge is 0.381 e. The van der Waals surface area contributed by atoms with E-state index in [1.807, 2.05) is 19.9 Å². The van der Waals surface area contributed by atoms with Crippen molar-refractivity contribution in [3.8, 4) is 0 Å². The molecule has 0 saturated carbocycles. The Hall–Kier alpha value is -1.44. The Morgan fingerprint density at radius 2 is 2.04 bits per heavy atom. The number of sulfonamides is 1. The van der Waals surface area contributed by atoms with Crippen molar-refractivity contribution in [2.75, 3.05) is 13.2 Å². The number of hydrogen-bond donors (Lipinski definition) is 1. The molecule has 3 rings (SSSR count). The number of nitrogens with zero attached hydrogens (tertiary/aromatic N) is 2. The predicted molar refractivity (Wildman–Crippen MR) is 93.8 cm³/mol. The Bertz CT molecular complexity index is 834. The SMILES string of the molecule is CC(C)NS(=O)(=O)c1ccc2c(c1)nc([C@@H]1CCOC1)n2C(C)C. The van der Waals surface area contributed by atoms with Crippen molar-refractivity contribution in [3.05, 3.63) is 24.0 Å². The lowest BCUT2D eigenvalue weighted by molar-refractivity contribution is 0.192. The van der Waals surface area contributed by atoms with Gasteiger partial charge in [0.05, 0.1) is 22.5 Å². The van der Waals surface area contributed by atoms with Gasteiger partial charge in [-0.15, -0.1) is 0 Å². The van der Waals surface area contributed by atoms with Gasteiger partial charge in [0.15, 0.2) is 0 Å². The third-order valence-electron chi connectivity index (χ3n) is 4.20. The number of nitrogens with one attached hydrogen (secondary N) is 1. The van der Waals surface area contributed by atoms with Gasteiger partial charge in [0.1, 0.15) is 5.82 Å². The van der Waals surface area contributed by atoms with Crippen LogP contribution in [0.15, 0.2) is 23.1 Å².